The monoisotopic (exact) mass is 450 g/mol. The van der Waals surface area contributed by atoms with Crippen LogP contribution in [0.3, 0.4) is 0 Å². The van der Waals surface area contributed by atoms with Crippen LogP contribution in [0.15, 0.2) is 54.7 Å². The molecule has 6 nitrogen and oxygen atoms in total. The van der Waals surface area contributed by atoms with E-state index in [1.54, 1.807) is 4.90 Å². The fourth-order valence-corrected chi connectivity index (χ4v) is 3.66. The minimum absolute atomic E-state index is 0.00400. The molecule has 2 aromatic carbocycles. The number of hydrogen-bond donors (Lipinski definition) is 1. The SMILES string of the molecule is Cc1ccc(-n2cc(-c3ccc(Cl)cc3)nc2NC(=O)CN(C(=O)C2CC2)C(C)C)cc1. The van der Waals surface area contributed by atoms with E-state index in [0.29, 0.717) is 16.7 Å². The third-order valence-electron chi connectivity index (χ3n) is 5.56. The lowest BCUT2D eigenvalue weighted by Gasteiger charge is -2.26. The maximum atomic E-state index is 12.9. The molecule has 4 rings (SSSR count). The molecule has 0 radical (unpaired) electrons. The van der Waals surface area contributed by atoms with Crippen molar-refractivity contribution in [1.82, 2.24) is 14.5 Å². The highest BCUT2D eigenvalue weighted by atomic mass is 35.5. The van der Waals surface area contributed by atoms with Crippen LogP contribution in [0.25, 0.3) is 16.9 Å². The lowest BCUT2D eigenvalue weighted by atomic mass is 10.2. The van der Waals surface area contributed by atoms with Crippen molar-refractivity contribution < 1.29 is 9.59 Å². The number of benzene rings is 2. The molecule has 1 saturated carbocycles. The average molecular weight is 451 g/mol. The summed E-state index contributed by atoms with van der Waals surface area (Å²) in [4.78, 5) is 31.8. The van der Waals surface area contributed by atoms with Crippen LogP contribution in [-0.4, -0.2) is 38.9 Å². The van der Waals surface area contributed by atoms with E-state index in [9.17, 15) is 9.59 Å². The zero-order valence-corrected chi connectivity index (χ0v) is 19.3. The van der Waals surface area contributed by atoms with E-state index < -0.39 is 0 Å². The first-order chi connectivity index (χ1) is 15.3. The fraction of sp³-hybridized carbons (Fsp3) is 0.320. The van der Waals surface area contributed by atoms with Gasteiger partial charge in [-0.25, -0.2) is 4.98 Å². The molecule has 1 fully saturated rings. The topological polar surface area (TPSA) is 67.2 Å². The molecular weight excluding hydrogens is 424 g/mol. The number of aromatic nitrogens is 2. The van der Waals surface area contributed by atoms with Crippen molar-refractivity contribution in [3.8, 4) is 16.9 Å². The van der Waals surface area contributed by atoms with Gasteiger partial charge in [-0.05, 0) is 57.9 Å². The van der Waals surface area contributed by atoms with Gasteiger partial charge in [-0.2, -0.15) is 0 Å². The van der Waals surface area contributed by atoms with Gasteiger partial charge in [-0.15, -0.1) is 0 Å². The van der Waals surface area contributed by atoms with Crippen LogP contribution < -0.4 is 5.32 Å². The first-order valence-corrected chi connectivity index (χ1v) is 11.2. The van der Waals surface area contributed by atoms with E-state index in [2.05, 4.69) is 10.3 Å². The van der Waals surface area contributed by atoms with Crippen molar-refractivity contribution in [2.75, 3.05) is 11.9 Å². The second-order valence-corrected chi connectivity index (χ2v) is 8.98. The predicted octanol–water partition coefficient (Wildman–Crippen LogP) is 5.09. The summed E-state index contributed by atoms with van der Waals surface area (Å²) < 4.78 is 1.85. The molecule has 1 aliphatic rings. The number of aryl methyl sites for hydroxylation is 1. The molecule has 0 unspecified atom stereocenters. The fourth-order valence-electron chi connectivity index (χ4n) is 3.53. The maximum Gasteiger partial charge on any atom is 0.246 e. The number of nitrogens with one attached hydrogen (secondary N) is 1. The summed E-state index contributed by atoms with van der Waals surface area (Å²) in [5.74, 6) is 0.260. The Morgan fingerprint density at radius 1 is 1.12 bits per heavy atom. The van der Waals surface area contributed by atoms with Gasteiger partial charge < -0.3 is 4.90 Å². The molecule has 0 saturated heterocycles. The van der Waals surface area contributed by atoms with Crippen LogP contribution in [0.4, 0.5) is 5.95 Å². The van der Waals surface area contributed by atoms with E-state index in [-0.39, 0.29) is 30.3 Å². The molecule has 3 aromatic rings. The molecule has 7 heteroatoms. The average Bonchev–Trinajstić information content (AvgIpc) is 3.53. The van der Waals surface area contributed by atoms with Crippen LogP contribution in [0.5, 0.6) is 0 Å². The molecule has 0 atom stereocenters. The van der Waals surface area contributed by atoms with Crippen molar-refractivity contribution in [2.24, 2.45) is 5.92 Å². The van der Waals surface area contributed by atoms with E-state index in [4.69, 9.17) is 11.6 Å². The number of amides is 2. The lowest BCUT2D eigenvalue weighted by Crippen LogP contribution is -2.43. The second kappa shape index (κ2) is 9.17. The minimum Gasteiger partial charge on any atom is -0.331 e. The number of hydrogen-bond acceptors (Lipinski definition) is 3. The van der Waals surface area contributed by atoms with Crippen molar-refractivity contribution in [1.29, 1.82) is 0 Å². The van der Waals surface area contributed by atoms with Crippen molar-refractivity contribution in [3.05, 3.63) is 65.3 Å². The summed E-state index contributed by atoms with van der Waals surface area (Å²) >= 11 is 6.03. The molecule has 1 heterocycles. The molecule has 1 N–H and O–H groups in total. The summed E-state index contributed by atoms with van der Waals surface area (Å²) in [5, 5.41) is 3.57. The molecule has 166 valence electrons. The molecular formula is C25H27ClN4O2. The van der Waals surface area contributed by atoms with Crippen LogP contribution in [0.1, 0.15) is 32.3 Å². The van der Waals surface area contributed by atoms with E-state index in [1.807, 2.05) is 80.1 Å². The molecule has 32 heavy (non-hydrogen) atoms. The summed E-state index contributed by atoms with van der Waals surface area (Å²) in [6, 6.07) is 15.3. The number of carbonyl (C=O) groups excluding carboxylic acids is 2. The zero-order valence-electron chi connectivity index (χ0n) is 18.5. The van der Waals surface area contributed by atoms with E-state index in [0.717, 1.165) is 29.7 Å². The van der Waals surface area contributed by atoms with Crippen LogP contribution >= 0.6 is 11.6 Å². The minimum atomic E-state index is -0.269. The smallest absolute Gasteiger partial charge is 0.246 e. The molecule has 1 aliphatic carbocycles. The van der Waals surface area contributed by atoms with Crippen molar-refractivity contribution >= 4 is 29.4 Å². The van der Waals surface area contributed by atoms with E-state index in [1.165, 1.54) is 0 Å². The summed E-state index contributed by atoms with van der Waals surface area (Å²) in [6.07, 6.45) is 3.71. The number of imidazole rings is 1. The Bertz CT molecular complexity index is 1120. The van der Waals surface area contributed by atoms with E-state index >= 15 is 0 Å². The third kappa shape index (κ3) is 5.02. The highest BCUT2D eigenvalue weighted by molar-refractivity contribution is 6.30. The number of halogens is 1. The van der Waals surface area contributed by atoms with Gasteiger partial charge in [-0.3, -0.25) is 19.5 Å². The van der Waals surface area contributed by atoms with Gasteiger partial charge >= 0.3 is 0 Å². The predicted molar refractivity (Wildman–Crippen MR) is 127 cm³/mol. The Hall–Kier alpha value is -3.12. The van der Waals surface area contributed by atoms with Crippen molar-refractivity contribution in [2.45, 2.75) is 39.7 Å². The van der Waals surface area contributed by atoms with Crippen LogP contribution in [0.2, 0.25) is 5.02 Å². The lowest BCUT2D eigenvalue weighted by molar-refractivity contribution is -0.137. The van der Waals surface area contributed by atoms with Crippen LogP contribution in [-0.2, 0) is 9.59 Å². The zero-order chi connectivity index (χ0) is 22.8. The molecule has 0 aliphatic heterocycles. The molecule has 0 bridgehead atoms. The first-order valence-electron chi connectivity index (χ1n) is 10.8. The third-order valence-corrected chi connectivity index (χ3v) is 5.81. The normalized spacial score (nSPS) is 13.3. The van der Waals surface area contributed by atoms with Crippen LogP contribution in [0, 0.1) is 12.8 Å². The number of nitrogens with zero attached hydrogens (tertiary/aromatic N) is 3. The standard InChI is InChI=1S/C25H27ClN4O2/c1-16(2)29(24(32)19-6-7-19)15-23(31)28-25-27-22(18-8-10-20(26)11-9-18)14-30(25)21-12-4-17(3)5-13-21/h4-5,8-14,16,19H,6-7,15H2,1-3H3,(H,27,28,31). The Morgan fingerprint density at radius 3 is 2.38 bits per heavy atom. The Kier molecular flexibility index (Phi) is 6.33. The van der Waals surface area contributed by atoms with Gasteiger partial charge in [0.05, 0.1) is 5.69 Å². The highest BCUT2D eigenvalue weighted by Gasteiger charge is 2.35. The summed E-state index contributed by atoms with van der Waals surface area (Å²) in [6.45, 7) is 5.89. The van der Waals surface area contributed by atoms with Gasteiger partial charge in [0, 0.05) is 34.4 Å². The maximum absolute atomic E-state index is 12.9. The second-order valence-electron chi connectivity index (χ2n) is 8.54. The highest BCUT2D eigenvalue weighted by Crippen LogP contribution is 2.31. The number of anilines is 1. The summed E-state index contributed by atoms with van der Waals surface area (Å²) in [7, 11) is 0. The quantitative estimate of drug-likeness (QED) is 0.545. The van der Waals surface area contributed by atoms with Gasteiger partial charge in [-0.1, -0.05) is 41.4 Å². The molecule has 1 aromatic heterocycles. The van der Waals surface area contributed by atoms with Gasteiger partial charge in [0.2, 0.25) is 17.8 Å². The van der Waals surface area contributed by atoms with Gasteiger partial charge in [0.15, 0.2) is 0 Å². The summed E-state index contributed by atoms with van der Waals surface area (Å²) in [5.41, 5.74) is 3.63. The largest absolute Gasteiger partial charge is 0.331 e. The Balaban J connectivity index is 1.62. The van der Waals surface area contributed by atoms with Gasteiger partial charge in [0.25, 0.3) is 0 Å². The number of rotatable bonds is 7. The number of carbonyl (C=O) groups is 2. The molecule has 0 spiro atoms. The Morgan fingerprint density at radius 2 is 1.78 bits per heavy atom. The Labute approximate surface area is 193 Å². The first kappa shape index (κ1) is 22.1. The van der Waals surface area contributed by atoms with Crippen molar-refractivity contribution in [3.63, 3.8) is 0 Å². The van der Waals surface area contributed by atoms with Gasteiger partial charge in [0.1, 0.15) is 6.54 Å². The molecule has 2 amide bonds.